The lowest BCUT2D eigenvalue weighted by molar-refractivity contribution is -0.136. The lowest BCUT2D eigenvalue weighted by Gasteiger charge is -2.27. The first-order chi connectivity index (χ1) is 23.6. The second-order valence-electron chi connectivity index (χ2n) is 11.1. The standard InChI is InChI=1S/C35H38N6O8/c1-40(2)23-19-28(47-3)24(29(20-23)48-4)10-7-5-6-9-22(21-36)32(43)38-16-18-49-17-15-37-26-12-8-11-25-31(26)35(46)41(34(25)45)27-13-14-30(42)39-33(27)44/h5-12,19-20,27,37H,13-18H2,1-4H3,(H,38,43)(H,39,42,44)/b6-5+,10-7+,22-9+. The smallest absolute Gasteiger partial charge is 0.264 e. The van der Waals surface area contributed by atoms with Gasteiger partial charge in [-0.2, -0.15) is 5.26 Å². The van der Waals surface area contributed by atoms with Crippen molar-refractivity contribution in [3.05, 3.63) is 76.9 Å². The third kappa shape index (κ3) is 8.51. The number of nitriles is 1. The highest BCUT2D eigenvalue weighted by Crippen LogP contribution is 2.35. The van der Waals surface area contributed by atoms with E-state index in [0.717, 1.165) is 16.2 Å². The van der Waals surface area contributed by atoms with Crippen LogP contribution in [0.1, 0.15) is 39.1 Å². The molecule has 0 aliphatic carbocycles. The normalized spacial score (nSPS) is 16.1. The van der Waals surface area contributed by atoms with Gasteiger partial charge in [-0.1, -0.05) is 24.3 Å². The Balaban J connectivity index is 1.22. The number of carbonyl (C=O) groups is 5. The lowest BCUT2D eigenvalue weighted by Crippen LogP contribution is -2.54. The maximum atomic E-state index is 13.2. The molecule has 5 amide bonds. The van der Waals surface area contributed by atoms with E-state index in [9.17, 15) is 29.2 Å². The maximum Gasteiger partial charge on any atom is 0.264 e. The molecule has 1 atom stereocenters. The van der Waals surface area contributed by atoms with Crippen LogP contribution in [0.2, 0.25) is 0 Å². The summed E-state index contributed by atoms with van der Waals surface area (Å²) >= 11 is 0. The first kappa shape index (κ1) is 35.9. The van der Waals surface area contributed by atoms with Gasteiger partial charge in [0.05, 0.1) is 44.1 Å². The molecule has 3 N–H and O–H groups in total. The van der Waals surface area contributed by atoms with Gasteiger partial charge < -0.3 is 29.7 Å². The predicted octanol–water partition coefficient (Wildman–Crippen LogP) is 2.44. The van der Waals surface area contributed by atoms with Gasteiger partial charge in [0.15, 0.2) is 0 Å². The summed E-state index contributed by atoms with van der Waals surface area (Å²) in [6, 6.07) is 9.41. The van der Waals surface area contributed by atoms with Gasteiger partial charge in [-0.3, -0.25) is 34.2 Å². The van der Waals surface area contributed by atoms with Crippen LogP contribution >= 0.6 is 0 Å². The number of fused-ring (bicyclic) bond motifs is 1. The monoisotopic (exact) mass is 670 g/mol. The summed E-state index contributed by atoms with van der Waals surface area (Å²) in [6.45, 7) is 0.804. The van der Waals surface area contributed by atoms with E-state index in [0.29, 0.717) is 17.2 Å². The molecule has 2 heterocycles. The fraction of sp³-hybridized carbons (Fsp3) is 0.314. The SMILES string of the molecule is COc1cc(N(C)C)cc(OC)c1/C=C/C=C/C=C(\C#N)C(=O)NCCOCCNc1cccc2c1C(=O)N(C1CCC(=O)NC1=O)C2=O. The molecule has 256 valence electrons. The number of ether oxygens (including phenoxy) is 3. The summed E-state index contributed by atoms with van der Waals surface area (Å²) in [4.78, 5) is 65.3. The van der Waals surface area contributed by atoms with Crippen molar-refractivity contribution < 1.29 is 38.2 Å². The minimum atomic E-state index is -1.05. The molecule has 49 heavy (non-hydrogen) atoms. The summed E-state index contributed by atoms with van der Waals surface area (Å²) in [7, 11) is 6.99. The summed E-state index contributed by atoms with van der Waals surface area (Å²) in [5, 5.41) is 17.3. The molecule has 0 aromatic heterocycles. The summed E-state index contributed by atoms with van der Waals surface area (Å²) in [5.41, 5.74) is 2.32. The first-order valence-electron chi connectivity index (χ1n) is 15.4. The highest BCUT2D eigenvalue weighted by molar-refractivity contribution is 6.25. The first-order valence-corrected chi connectivity index (χ1v) is 15.4. The molecular formula is C35H38N6O8. The average Bonchev–Trinajstić information content (AvgIpc) is 3.34. The summed E-state index contributed by atoms with van der Waals surface area (Å²) in [6.07, 6.45) is 8.31. The van der Waals surface area contributed by atoms with Crippen LogP contribution < -0.4 is 30.3 Å². The number of hydrogen-bond donors (Lipinski definition) is 3. The Hall–Kier alpha value is -5.94. The number of allylic oxidation sites excluding steroid dienone is 4. The lowest BCUT2D eigenvalue weighted by atomic mass is 10.0. The molecule has 2 aromatic rings. The van der Waals surface area contributed by atoms with Gasteiger partial charge in [0.25, 0.3) is 17.7 Å². The molecule has 0 bridgehead atoms. The van der Waals surface area contributed by atoms with Crippen molar-refractivity contribution in [3.63, 3.8) is 0 Å². The second kappa shape index (κ2) is 16.8. The Morgan fingerprint density at radius 1 is 1.04 bits per heavy atom. The predicted molar refractivity (Wildman–Crippen MR) is 181 cm³/mol. The van der Waals surface area contributed by atoms with E-state index in [1.807, 2.05) is 37.2 Å². The second-order valence-corrected chi connectivity index (χ2v) is 11.1. The molecule has 1 fully saturated rings. The zero-order valence-electron chi connectivity index (χ0n) is 27.7. The largest absolute Gasteiger partial charge is 0.496 e. The Morgan fingerprint density at radius 3 is 2.41 bits per heavy atom. The Bertz CT molecular complexity index is 1730. The number of nitrogens with one attached hydrogen (secondary N) is 3. The molecule has 0 spiro atoms. The molecule has 1 unspecified atom stereocenters. The number of amides is 5. The van der Waals surface area contributed by atoms with E-state index in [1.165, 1.54) is 12.1 Å². The molecule has 2 aliphatic heterocycles. The van der Waals surface area contributed by atoms with Gasteiger partial charge in [-0.25, -0.2) is 0 Å². The number of methoxy groups -OCH3 is 2. The van der Waals surface area contributed by atoms with Crippen LogP contribution in [0.4, 0.5) is 11.4 Å². The van der Waals surface area contributed by atoms with E-state index in [1.54, 1.807) is 50.7 Å². The number of rotatable bonds is 15. The fourth-order valence-corrected chi connectivity index (χ4v) is 5.23. The van der Waals surface area contributed by atoms with Crippen LogP contribution in [0.3, 0.4) is 0 Å². The van der Waals surface area contributed by atoms with Crippen molar-refractivity contribution in [2.24, 2.45) is 0 Å². The van der Waals surface area contributed by atoms with E-state index in [4.69, 9.17) is 14.2 Å². The number of hydrogen-bond acceptors (Lipinski definition) is 11. The molecular weight excluding hydrogens is 632 g/mol. The molecule has 14 heteroatoms. The molecule has 14 nitrogen and oxygen atoms in total. The van der Waals surface area contributed by atoms with Gasteiger partial charge in [-0.05, 0) is 30.7 Å². The van der Waals surface area contributed by atoms with E-state index in [-0.39, 0.29) is 55.8 Å². The van der Waals surface area contributed by atoms with Crippen molar-refractivity contribution >= 4 is 47.0 Å². The third-order valence-corrected chi connectivity index (χ3v) is 7.72. The molecule has 2 aromatic carbocycles. The molecule has 4 rings (SSSR count). The zero-order valence-corrected chi connectivity index (χ0v) is 27.7. The number of carbonyl (C=O) groups excluding carboxylic acids is 5. The number of anilines is 2. The van der Waals surface area contributed by atoms with E-state index < -0.39 is 35.6 Å². The number of piperidine rings is 1. The van der Waals surface area contributed by atoms with Gasteiger partial charge in [-0.15, -0.1) is 0 Å². The number of nitrogens with zero attached hydrogens (tertiary/aromatic N) is 3. The fourth-order valence-electron chi connectivity index (χ4n) is 5.23. The number of benzene rings is 2. The van der Waals surface area contributed by atoms with Crippen molar-refractivity contribution in [3.8, 4) is 17.6 Å². The van der Waals surface area contributed by atoms with Crippen LogP contribution in [0, 0.1) is 11.3 Å². The van der Waals surface area contributed by atoms with Gasteiger partial charge in [0.1, 0.15) is 29.2 Å². The minimum Gasteiger partial charge on any atom is -0.496 e. The van der Waals surface area contributed by atoms with Crippen LogP contribution in [0.5, 0.6) is 11.5 Å². The van der Waals surface area contributed by atoms with Crippen molar-refractivity contribution in [1.29, 1.82) is 5.26 Å². The molecule has 2 aliphatic rings. The highest BCUT2D eigenvalue weighted by atomic mass is 16.5. The summed E-state index contributed by atoms with van der Waals surface area (Å²) < 4.78 is 16.6. The maximum absolute atomic E-state index is 13.2. The topological polar surface area (TPSA) is 179 Å². The van der Waals surface area contributed by atoms with Crippen LogP contribution in [-0.2, 0) is 19.1 Å². The van der Waals surface area contributed by atoms with Gasteiger partial charge in [0, 0.05) is 57.1 Å². The summed E-state index contributed by atoms with van der Waals surface area (Å²) in [5.74, 6) is -1.60. The molecule has 1 saturated heterocycles. The number of imide groups is 2. The quantitative estimate of drug-likeness (QED) is 0.0833. The van der Waals surface area contributed by atoms with Crippen molar-refractivity contribution in [1.82, 2.24) is 15.5 Å². The minimum absolute atomic E-state index is 0.0374. The third-order valence-electron chi connectivity index (χ3n) is 7.72. The van der Waals surface area contributed by atoms with E-state index in [2.05, 4.69) is 16.0 Å². The highest BCUT2D eigenvalue weighted by Gasteiger charge is 2.45. The Morgan fingerprint density at radius 2 is 1.76 bits per heavy atom. The molecule has 0 radical (unpaired) electrons. The van der Waals surface area contributed by atoms with Crippen LogP contribution in [-0.4, -0.2) is 95.1 Å². The van der Waals surface area contributed by atoms with E-state index >= 15 is 0 Å². The zero-order chi connectivity index (χ0) is 35.5. The average molecular weight is 671 g/mol. The Labute approximate surface area is 284 Å². The van der Waals surface area contributed by atoms with Crippen LogP contribution in [0.15, 0.2) is 60.2 Å². The van der Waals surface area contributed by atoms with Crippen molar-refractivity contribution in [2.45, 2.75) is 18.9 Å². The van der Waals surface area contributed by atoms with Crippen molar-refractivity contribution in [2.75, 3.05) is 64.8 Å². The molecule has 0 saturated carbocycles. The van der Waals surface area contributed by atoms with Gasteiger partial charge >= 0.3 is 0 Å². The van der Waals surface area contributed by atoms with Gasteiger partial charge in [0.2, 0.25) is 11.8 Å². The Kier molecular flexibility index (Phi) is 12.3. The van der Waals surface area contributed by atoms with Crippen LogP contribution in [0.25, 0.3) is 6.08 Å².